The zero-order chi connectivity index (χ0) is 14.6. The molecular weight excluding hydrogens is 242 g/mol. The summed E-state index contributed by atoms with van der Waals surface area (Å²) in [5, 5.41) is 0. The highest BCUT2D eigenvalue weighted by Gasteiger charge is 2.27. The Morgan fingerprint density at radius 3 is 2.26 bits per heavy atom. The Morgan fingerprint density at radius 2 is 1.84 bits per heavy atom. The molecule has 0 heterocycles. The first kappa shape index (κ1) is 15.5. The van der Waals surface area contributed by atoms with E-state index >= 15 is 0 Å². The van der Waals surface area contributed by atoms with Crippen LogP contribution in [0.2, 0.25) is 0 Å². The van der Waals surface area contributed by atoms with Crippen LogP contribution in [0.25, 0.3) is 0 Å². The monoisotopic (exact) mass is 265 g/mol. The molecule has 0 radical (unpaired) electrons. The van der Waals surface area contributed by atoms with Crippen molar-refractivity contribution in [2.24, 2.45) is 0 Å². The van der Waals surface area contributed by atoms with Gasteiger partial charge in [-0.05, 0) is 31.6 Å². The largest absolute Gasteiger partial charge is 0.496 e. The Labute approximate surface area is 115 Å². The van der Waals surface area contributed by atoms with E-state index in [1.807, 2.05) is 37.2 Å². The summed E-state index contributed by atoms with van der Waals surface area (Å²) >= 11 is 0. The molecule has 1 atom stereocenters. The van der Waals surface area contributed by atoms with Crippen LogP contribution in [-0.4, -0.2) is 39.2 Å². The van der Waals surface area contributed by atoms with Crippen LogP contribution in [0.5, 0.6) is 5.75 Å². The van der Waals surface area contributed by atoms with Crippen LogP contribution in [0, 0.1) is 0 Å². The van der Waals surface area contributed by atoms with Gasteiger partial charge in [0.15, 0.2) is 0 Å². The number of hydrogen-bond donors (Lipinski definition) is 0. The number of nitrogens with zero attached hydrogens (tertiary/aromatic N) is 1. The number of benzene rings is 1. The molecule has 0 saturated heterocycles. The fraction of sp³-hybridized carbons (Fsp3) is 0.533. The maximum Gasteiger partial charge on any atom is 0.327 e. The molecule has 0 fully saturated rings. The van der Waals surface area contributed by atoms with E-state index in [0.717, 1.165) is 11.3 Å². The molecule has 0 aliphatic heterocycles. The molecule has 0 aliphatic rings. The summed E-state index contributed by atoms with van der Waals surface area (Å²) in [6.07, 6.45) is 0. The zero-order valence-corrected chi connectivity index (χ0v) is 12.6. The van der Waals surface area contributed by atoms with Gasteiger partial charge in [0.05, 0.1) is 14.2 Å². The minimum atomic E-state index is -0.457. The van der Waals surface area contributed by atoms with Gasteiger partial charge in [-0.2, -0.15) is 0 Å². The topological polar surface area (TPSA) is 38.8 Å². The molecule has 0 aliphatic carbocycles. The molecule has 0 bridgehead atoms. The van der Waals surface area contributed by atoms with Crippen molar-refractivity contribution in [2.45, 2.75) is 25.8 Å². The van der Waals surface area contributed by atoms with E-state index in [0.29, 0.717) is 5.92 Å². The van der Waals surface area contributed by atoms with Crippen molar-refractivity contribution in [3.8, 4) is 5.75 Å². The smallest absolute Gasteiger partial charge is 0.327 e. The van der Waals surface area contributed by atoms with Gasteiger partial charge in [0.25, 0.3) is 0 Å². The van der Waals surface area contributed by atoms with E-state index < -0.39 is 6.04 Å². The van der Waals surface area contributed by atoms with Crippen LogP contribution in [0.4, 0.5) is 0 Å². The van der Waals surface area contributed by atoms with Gasteiger partial charge in [-0.1, -0.05) is 26.0 Å². The first-order chi connectivity index (χ1) is 8.92. The molecule has 0 spiro atoms. The van der Waals surface area contributed by atoms with Gasteiger partial charge >= 0.3 is 5.97 Å². The summed E-state index contributed by atoms with van der Waals surface area (Å²) in [6, 6.07) is 5.50. The lowest BCUT2D eigenvalue weighted by Gasteiger charge is -2.24. The molecule has 0 saturated carbocycles. The van der Waals surface area contributed by atoms with Crippen molar-refractivity contribution < 1.29 is 14.3 Å². The number of carbonyl (C=O) groups is 1. The maximum atomic E-state index is 11.9. The third kappa shape index (κ3) is 3.47. The first-order valence-electron chi connectivity index (χ1n) is 6.34. The molecule has 4 heteroatoms. The highest BCUT2D eigenvalue weighted by Crippen LogP contribution is 2.32. The maximum absolute atomic E-state index is 11.9. The van der Waals surface area contributed by atoms with Crippen LogP contribution in [-0.2, 0) is 9.53 Å². The van der Waals surface area contributed by atoms with Crippen molar-refractivity contribution >= 4 is 5.97 Å². The van der Waals surface area contributed by atoms with E-state index in [4.69, 9.17) is 9.47 Å². The molecule has 0 aromatic heterocycles. The number of methoxy groups -OCH3 is 2. The number of likely N-dealkylation sites (N-methyl/N-ethyl adjacent to an activating group) is 1. The standard InChI is InChI=1S/C15H23NO3/c1-10(2)11-7-8-12(13(9-11)18-5)14(16(3)4)15(17)19-6/h7-10,14H,1-6H3. The van der Waals surface area contributed by atoms with Crippen LogP contribution in [0.3, 0.4) is 0 Å². The number of rotatable bonds is 5. The first-order valence-corrected chi connectivity index (χ1v) is 6.34. The van der Waals surface area contributed by atoms with E-state index in [9.17, 15) is 4.79 Å². The average Bonchev–Trinajstić information content (AvgIpc) is 2.38. The molecule has 1 aromatic carbocycles. The molecule has 4 nitrogen and oxygen atoms in total. The fourth-order valence-corrected chi connectivity index (χ4v) is 2.04. The Morgan fingerprint density at radius 1 is 1.21 bits per heavy atom. The average molecular weight is 265 g/mol. The van der Waals surface area contributed by atoms with E-state index in [-0.39, 0.29) is 5.97 Å². The third-order valence-electron chi connectivity index (χ3n) is 3.16. The molecule has 1 rings (SSSR count). The highest BCUT2D eigenvalue weighted by atomic mass is 16.5. The van der Waals surface area contributed by atoms with Crippen LogP contribution >= 0.6 is 0 Å². The number of carbonyl (C=O) groups excluding carboxylic acids is 1. The van der Waals surface area contributed by atoms with Crippen molar-refractivity contribution in [1.29, 1.82) is 0 Å². The molecule has 106 valence electrons. The minimum absolute atomic E-state index is 0.291. The van der Waals surface area contributed by atoms with Gasteiger partial charge in [-0.3, -0.25) is 4.90 Å². The number of esters is 1. The van der Waals surface area contributed by atoms with Gasteiger partial charge in [0.1, 0.15) is 11.8 Å². The van der Waals surface area contributed by atoms with Gasteiger partial charge in [-0.15, -0.1) is 0 Å². The normalized spacial score (nSPS) is 12.6. The minimum Gasteiger partial charge on any atom is -0.496 e. The predicted octanol–water partition coefficient (Wildman–Crippen LogP) is 2.59. The second-order valence-electron chi connectivity index (χ2n) is 5.05. The summed E-state index contributed by atoms with van der Waals surface area (Å²) in [5.74, 6) is 0.842. The molecule has 1 aromatic rings. The number of hydrogen-bond acceptors (Lipinski definition) is 4. The lowest BCUT2D eigenvalue weighted by molar-refractivity contribution is -0.146. The van der Waals surface area contributed by atoms with Crippen molar-refractivity contribution in [2.75, 3.05) is 28.3 Å². The van der Waals surface area contributed by atoms with Gasteiger partial charge < -0.3 is 9.47 Å². The van der Waals surface area contributed by atoms with E-state index in [2.05, 4.69) is 13.8 Å². The summed E-state index contributed by atoms with van der Waals surface area (Å²) in [5.41, 5.74) is 2.01. The fourth-order valence-electron chi connectivity index (χ4n) is 2.04. The predicted molar refractivity (Wildman–Crippen MR) is 75.5 cm³/mol. The van der Waals surface area contributed by atoms with Crippen molar-refractivity contribution in [3.05, 3.63) is 29.3 Å². The van der Waals surface area contributed by atoms with Crippen LogP contribution in [0.15, 0.2) is 18.2 Å². The summed E-state index contributed by atoms with van der Waals surface area (Å²) < 4.78 is 10.3. The number of ether oxygens (including phenoxy) is 2. The Hall–Kier alpha value is -1.55. The third-order valence-corrected chi connectivity index (χ3v) is 3.16. The highest BCUT2D eigenvalue weighted by molar-refractivity contribution is 5.78. The lowest BCUT2D eigenvalue weighted by atomic mass is 9.97. The summed E-state index contributed by atoms with van der Waals surface area (Å²) in [6.45, 7) is 4.25. The summed E-state index contributed by atoms with van der Waals surface area (Å²) in [7, 11) is 6.70. The van der Waals surface area contributed by atoms with Crippen molar-refractivity contribution in [1.82, 2.24) is 4.90 Å². The molecule has 1 unspecified atom stereocenters. The Kier molecular flexibility index (Phi) is 5.36. The molecular formula is C15H23NO3. The Balaban J connectivity index is 3.27. The second kappa shape index (κ2) is 6.57. The Bertz CT molecular complexity index is 441. The van der Waals surface area contributed by atoms with Crippen LogP contribution in [0.1, 0.15) is 36.9 Å². The molecule has 0 N–H and O–H groups in total. The molecule has 19 heavy (non-hydrogen) atoms. The van der Waals surface area contributed by atoms with Crippen molar-refractivity contribution in [3.63, 3.8) is 0 Å². The van der Waals surface area contributed by atoms with Gasteiger partial charge in [0, 0.05) is 5.56 Å². The van der Waals surface area contributed by atoms with Crippen LogP contribution < -0.4 is 4.74 Å². The quantitative estimate of drug-likeness (QED) is 0.767. The summed E-state index contributed by atoms with van der Waals surface area (Å²) in [4.78, 5) is 13.7. The van der Waals surface area contributed by atoms with Gasteiger partial charge in [-0.25, -0.2) is 4.79 Å². The van der Waals surface area contributed by atoms with E-state index in [1.165, 1.54) is 12.7 Å². The second-order valence-corrected chi connectivity index (χ2v) is 5.05. The van der Waals surface area contributed by atoms with Gasteiger partial charge in [0.2, 0.25) is 0 Å². The zero-order valence-electron chi connectivity index (χ0n) is 12.6. The molecule has 0 amide bonds. The van der Waals surface area contributed by atoms with E-state index in [1.54, 1.807) is 7.11 Å². The lowest BCUT2D eigenvalue weighted by Crippen LogP contribution is -2.29. The SMILES string of the molecule is COC(=O)C(c1ccc(C(C)C)cc1OC)N(C)C.